The molecule has 1 aromatic carbocycles. The van der Waals surface area contributed by atoms with Gasteiger partial charge in [-0.15, -0.1) is 0 Å². The van der Waals surface area contributed by atoms with E-state index < -0.39 is 30.2 Å². The Balaban J connectivity index is 2.10. The Morgan fingerprint density at radius 2 is 2.00 bits per heavy atom. The van der Waals surface area contributed by atoms with E-state index in [-0.39, 0.29) is 0 Å². The number of nitrogens with two attached hydrogens (primary N) is 1. The number of ether oxygens (including phenoxy) is 1. The fourth-order valence-electron chi connectivity index (χ4n) is 1.96. The monoisotopic (exact) mass is 278 g/mol. The van der Waals surface area contributed by atoms with Gasteiger partial charge in [0.05, 0.1) is 19.6 Å². The maximum absolute atomic E-state index is 12.0. The quantitative estimate of drug-likeness (QED) is 0.687. The number of rotatable bonds is 5. The molecule has 7 nitrogen and oxygen atoms in total. The summed E-state index contributed by atoms with van der Waals surface area (Å²) in [7, 11) is 0. The standard InChI is InChI=1S/C13H14N2O5/c14-11(16)4-10(13(18)19)15-12(17)7-1-2-8-5-20-6-9(8)3-7/h1-3,10H,4-6H2,(H2,14,16)(H,15,17)(H,18,19)/t10-/m0/s1. The number of carboxylic acid groups (broad SMARTS) is 1. The third kappa shape index (κ3) is 3.12. The lowest BCUT2D eigenvalue weighted by Crippen LogP contribution is -2.43. The molecule has 1 heterocycles. The molecule has 0 spiro atoms. The largest absolute Gasteiger partial charge is 0.480 e. The van der Waals surface area contributed by atoms with Crippen LogP contribution in [0.5, 0.6) is 0 Å². The number of hydrogen-bond donors (Lipinski definition) is 3. The van der Waals surface area contributed by atoms with Crippen LogP contribution in [-0.4, -0.2) is 28.9 Å². The van der Waals surface area contributed by atoms with Crippen molar-refractivity contribution in [1.82, 2.24) is 5.32 Å². The van der Waals surface area contributed by atoms with Gasteiger partial charge < -0.3 is 20.9 Å². The van der Waals surface area contributed by atoms with Crippen molar-refractivity contribution in [2.24, 2.45) is 5.73 Å². The summed E-state index contributed by atoms with van der Waals surface area (Å²) in [4.78, 5) is 33.7. The van der Waals surface area contributed by atoms with Crippen LogP contribution in [0, 0.1) is 0 Å². The zero-order valence-corrected chi connectivity index (χ0v) is 10.6. The van der Waals surface area contributed by atoms with Crippen molar-refractivity contribution in [3.05, 3.63) is 34.9 Å². The van der Waals surface area contributed by atoms with Crippen molar-refractivity contribution in [2.45, 2.75) is 25.7 Å². The first kappa shape index (κ1) is 14.0. The number of carbonyl (C=O) groups is 3. The highest BCUT2D eigenvalue weighted by Crippen LogP contribution is 2.20. The molecule has 0 radical (unpaired) electrons. The number of nitrogens with one attached hydrogen (secondary N) is 1. The second-order valence-electron chi connectivity index (χ2n) is 4.51. The van der Waals surface area contributed by atoms with Crippen molar-refractivity contribution in [3.63, 3.8) is 0 Å². The molecule has 0 bridgehead atoms. The minimum absolute atomic E-state index is 0.324. The van der Waals surface area contributed by atoms with E-state index in [0.717, 1.165) is 11.1 Å². The topological polar surface area (TPSA) is 119 Å². The highest BCUT2D eigenvalue weighted by molar-refractivity contribution is 5.97. The number of carbonyl (C=O) groups excluding carboxylic acids is 2. The van der Waals surface area contributed by atoms with Gasteiger partial charge in [0.2, 0.25) is 5.91 Å². The molecule has 0 fully saturated rings. The second kappa shape index (κ2) is 5.70. The van der Waals surface area contributed by atoms with E-state index in [1.165, 1.54) is 0 Å². The zero-order chi connectivity index (χ0) is 14.7. The Hall–Kier alpha value is -2.41. The number of carboxylic acids is 1. The third-order valence-electron chi connectivity index (χ3n) is 2.99. The Morgan fingerprint density at radius 3 is 2.65 bits per heavy atom. The molecule has 0 aromatic heterocycles. The molecule has 2 amide bonds. The summed E-state index contributed by atoms with van der Waals surface area (Å²) < 4.78 is 5.23. The number of benzene rings is 1. The summed E-state index contributed by atoms with van der Waals surface area (Å²) in [5.41, 5.74) is 7.18. The van der Waals surface area contributed by atoms with Crippen molar-refractivity contribution in [2.75, 3.05) is 0 Å². The van der Waals surface area contributed by atoms with E-state index in [1.54, 1.807) is 18.2 Å². The molecule has 0 unspecified atom stereocenters. The molecule has 2 rings (SSSR count). The van der Waals surface area contributed by atoms with Crippen LogP contribution in [0.1, 0.15) is 27.9 Å². The molecule has 1 aromatic rings. The summed E-state index contributed by atoms with van der Waals surface area (Å²) in [6.07, 6.45) is -0.449. The fourth-order valence-corrected chi connectivity index (χ4v) is 1.96. The highest BCUT2D eigenvalue weighted by Gasteiger charge is 2.23. The van der Waals surface area contributed by atoms with Gasteiger partial charge >= 0.3 is 5.97 Å². The zero-order valence-electron chi connectivity index (χ0n) is 10.6. The first-order valence-corrected chi connectivity index (χ1v) is 5.99. The molecule has 1 atom stereocenters. The predicted octanol–water partition coefficient (Wildman–Crippen LogP) is -0.225. The van der Waals surface area contributed by atoms with Crippen molar-refractivity contribution in [3.8, 4) is 0 Å². The van der Waals surface area contributed by atoms with E-state index in [9.17, 15) is 14.4 Å². The van der Waals surface area contributed by atoms with Crippen molar-refractivity contribution in [1.29, 1.82) is 0 Å². The molecule has 4 N–H and O–H groups in total. The van der Waals surface area contributed by atoms with E-state index in [1.807, 2.05) is 0 Å². The fraction of sp³-hybridized carbons (Fsp3) is 0.308. The van der Waals surface area contributed by atoms with Gasteiger partial charge in [0.15, 0.2) is 0 Å². The second-order valence-corrected chi connectivity index (χ2v) is 4.51. The van der Waals surface area contributed by atoms with Gasteiger partial charge in [0.1, 0.15) is 6.04 Å². The number of fused-ring (bicyclic) bond motifs is 1. The van der Waals surface area contributed by atoms with Crippen LogP contribution in [0.3, 0.4) is 0 Å². The van der Waals surface area contributed by atoms with Crippen LogP contribution in [0.4, 0.5) is 0 Å². The summed E-state index contributed by atoms with van der Waals surface area (Å²) >= 11 is 0. The first-order valence-electron chi connectivity index (χ1n) is 5.99. The smallest absolute Gasteiger partial charge is 0.326 e. The lowest BCUT2D eigenvalue weighted by atomic mass is 10.1. The molecule has 20 heavy (non-hydrogen) atoms. The van der Waals surface area contributed by atoms with Crippen molar-refractivity contribution < 1.29 is 24.2 Å². The Morgan fingerprint density at radius 1 is 1.30 bits per heavy atom. The lowest BCUT2D eigenvalue weighted by Gasteiger charge is -2.13. The average molecular weight is 278 g/mol. The maximum Gasteiger partial charge on any atom is 0.326 e. The molecular formula is C13H14N2O5. The normalized spacial score (nSPS) is 14.4. The Kier molecular flexibility index (Phi) is 3.99. The van der Waals surface area contributed by atoms with Gasteiger partial charge in [-0.05, 0) is 23.3 Å². The van der Waals surface area contributed by atoms with Gasteiger partial charge in [-0.3, -0.25) is 9.59 Å². The van der Waals surface area contributed by atoms with Crippen LogP contribution in [0.25, 0.3) is 0 Å². The van der Waals surface area contributed by atoms with E-state index in [0.29, 0.717) is 18.8 Å². The van der Waals surface area contributed by atoms with Crippen LogP contribution >= 0.6 is 0 Å². The Bertz CT molecular complexity index is 570. The van der Waals surface area contributed by atoms with Gasteiger partial charge in [0.25, 0.3) is 5.91 Å². The number of aliphatic carboxylic acids is 1. The molecule has 1 aliphatic rings. The molecule has 7 heteroatoms. The van der Waals surface area contributed by atoms with E-state index in [4.69, 9.17) is 15.6 Å². The van der Waals surface area contributed by atoms with E-state index >= 15 is 0 Å². The molecule has 106 valence electrons. The van der Waals surface area contributed by atoms with Gasteiger partial charge in [-0.25, -0.2) is 4.79 Å². The number of hydrogen-bond acceptors (Lipinski definition) is 4. The minimum Gasteiger partial charge on any atom is -0.480 e. The minimum atomic E-state index is -1.33. The van der Waals surface area contributed by atoms with E-state index in [2.05, 4.69) is 5.32 Å². The highest BCUT2D eigenvalue weighted by atomic mass is 16.5. The third-order valence-corrected chi connectivity index (χ3v) is 2.99. The number of amides is 2. The number of primary amides is 1. The van der Waals surface area contributed by atoms with Crippen LogP contribution in [-0.2, 0) is 27.5 Å². The lowest BCUT2D eigenvalue weighted by molar-refractivity contribution is -0.140. The summed E-state index contributed by atoms with van der Waals surface area (Å²) in [6, 6.07) is 3.68. The van der Waals surface area contributed by atoms with Crippen LogP contribution in [0.15, 0.2) is 18.2 Å². The van der Waals surface area contributed by atoms with Crippen LogP contribution in [0.2, 0.25) is 0 Å². The molecular weight excluding hydrogens is 264 g/mol. The molecule has 1 aliphatic heterocycles. The van der Waals surface area contributed by atoms with Gasteiger partial charge in [-0.2, -0.15) is 0 Å². The molecule has 0 aliphatic carbocycles. The SMILES string of the molecule is NC(=O)C[C@H](NC(=O)c1ccc2c(c1)COC2)C(=O)O. The summed E-state index contributed by atoms with van der Waals surface area (Å²) in [5, 5.41) is 11.2. The van der Waals surface area contributed by atoms with Crippen LogP contribution < -0.4 is 11.1 Å². The first-order chi connectivity index (χ1) is 9.47. The summed E-state index contributed by atoms with van der Waals surface area (Å²) in [6.45, 7) is 0.941. The molecule has 0 saturated carbocycles. The molecule has 0 saturated heterocycles. The van der Waals surface area contributed by atoms with Gasteiger partial charge in [0, 0.05) is 5.56 Å². The van der Waals surface area contributed by atoms with Crippen molar-refractivity contribution >= 4 is 17.8 Å². The van der Waals surface area contributed by atoms with Gasteiger partial charge in [-0.1, -0.05) is 6.07 Å². The predicted molar refractivity (Wildman–Crippen MR) is 67.6 cm³/mol. The Labute approximate surface area is 114 Å². The summed E-state index contributed by atoms with van der Waals surface area (Å²) in [5.74, 6) is -2.66. The maximum atomic E-state index is 12.0. The average Bonchev–Trinajstić information content (AvgIpc) is 2.84.